The number of carbonyl (C=O) groups excluding carboxylic acids is 1. The van der Waals surface area contributed by atoms with Crippen molar-refractivity contribution in [3.8, 4) is 5.75 Å². The van der Waals surface area contributed by atoms with E-state index in [4.69, 9.17) is 16.3 Å². The van der Waals surface area contributed by atoms with Crippen molar-refractivity contribution in [2.45, 2.75) is 13.8 Å². The molecule has 0 atom stereocenters. The summed E-state index contributed by atoms with van der Waals surface area (Å²) < 4.78 is 23.2. The van der Waals surface area contributed by atoms with Crippen LogP contribution in [-0.2, 0) is 9.53 Å². The van der Waals surface area contributed by atoms with Crippen molar-refractivity contribution in [3.63, 3.8) is 0 Å². The molecule has 0 bridgehead atoms. The zero-order chi connectivity index (χ0) is 12.8. The van der Waals surface area contributed by atoms with E-state index in [-0.39, 0.29) is 23.1 Å². The minimum atomic E-state index is -0.589. The van der Waals surface area contributed by atoms with Gasteiger partial charge >= 0.3 is 5.97 Å². The molecule has 0 heterocycles. The van der Waals surface area contributed by atoms with Crippen LogP contribution in [0.15, 0.2) is 30.0 Å². The molecule has 0 aliphatic heterocycles. The van der Waals surface area contributed by atoms with Crippen LogP contribution in [-0.4, -0.2) is 12.6 Å². The second-order valence-corrected chi connectivity index (χ2v) is 3.57. The van der Waals surface area contributed by atoms with E-state index in [1.165, 1.54) is 25.1 Å². The summed E-state index contributed by atoms with van der Waals surface area (Å²) in [5.74, 6) is -1.03. The van der Waals surface area contributed by atoms with Gasteiger partial charge in [0.15, 0.2) is 11.6 Å². The number of rotatable bonds is 4. The minimum Gasteiger partial charge on any atom is -0.463 e. The molecule has 1 rings (SSSR count). The molecule has 17 heavy (non-hydrogen) atoms. The second-order valence-electron chi connectivity index (χ2n) is 3.16. The van der Waals surface area contributed by atoms with Crippen LogP contribution < -0.4 is 4.74 Å². The molecule has 0 aromatic heterocycles. The molecule has 0 radical (unpaired) electrons. The third-order valence-corrected chi connectivity index (χ3v) is 2.09. The highest BCUT2D eigenvalue weighted by molar-refractivity contribution is 6.32. The Balaban J connectivity index is 2.81. The van der Waals surface area contributed by atoms with Crippen LogP contribution in [0.3, 0.4) is 0 Å². The molecule has 0 unspecified atom stereocenters. The molecule has 0 N–H and O–H groups in total. The minimum absolute atomic E-state index is 0.104. The Bertz CT molecular complexity index is 423. The van der Waals surface area contributed by atoms with Gasteiger partial charge in [0.05, 0.1) is 17.7 Å². The molecular weight excluding hydrogens is 247 g/mol. The standard InChI is InChI=1S/C12H12ClFO3/c1-3-16-11(15)7-8(2)17-12-9(13)5-4-6-10(12)14/h4-7H,3H2,1-2H3/b8-7-. The van der Waals surface area contributed by atoms with Gasteiger partial charge in [-0.05, 0) is 26.0 Å². The lowest BCUT2D eigenvalue weighted by Gasteiger charge is -2.08. The maximum Gasteiger partial charge on any atom is 0.334 e. The van der Waals surface area contributed by atoms with E-state index in [0.29, 0.717) is 0 Å². The first-order valence-electron chi connectivity index (χ1n) is 5.01. The van der Waals surface area contributed by atoms with Gasteiger partial charge in [0.2, 0.25) is 0 Å². The summed E-state index contributed by atoms with van der Waals surface area (Å²) in [4.78, 5) is 11.1. The Labute approximate surface area is 104 Å². The highest BCUT2D eigenvalue weighted by Gasteiger charge is 2.09. The number of carbonyl (C=O) groups is 1. The predicted octanol–water partition coefficient (Wildman–Crippen LogP) is 3.32. The number of benzene rings is 1. The van der Waals surface area contributed by atoms with E-state index in [0.717, 1.165) is 6.08 Å². The van der Waals surface area contributed by atoms with Crippen molar-refractivity contribution in [3.05, 3.63) is 40.9 Å². The molecule has 0 fully saturated rings. The number of hydrogen-bond acceptors (Lipinski definition) is 3. The van der Waals surface area contributed by atoms with Crippen LogP contribution in [0.5, 0.6) is 5.75 Å². The van der Waals surface area contributed by atoms with Gasteiger partial charge in [0.1, 0.15) is 5.76 Å². The van der Waals surface area contributed by atoms with Gasteiger partial charge in [-0.15, -0.1) is 0 Å². The average molecular weight is 259 g/mol. The molecule has 0 amide bonds. The maximum atomic E-state index is 13.3. The highest BCUT2D eigenvalue weighted by Crippen LogP contribution is 2.28. The molecule has 0 aliphatic carbocycles. The number of para-hydroxylation sites is 1. The van der Waals surface area contributed by atoms with Crippen molar-refractivity contribution >= 4 is 17.6 Å². The quantitative estimate of drug-likeness (QED) is 0.472. The number of ether oxygens (including phenoxy) is 2. The second kappa shape index (κ2) is 6.25. The van der Waals surface area contributed by atoms with Crippen molar-refractivity contribution < 1.29 is 18.7 Å². The summed E-state index contributed by atoms with van der Waals surface area (Å²) >= 11 is 5.76. The van der Waals surface area contributed by atoms with Gasteiger partial charge in [-0.1, -0.05) is 17.7 Å². The topological polar surface area (TPSA) is 35.5 Å². The Kier molecular flexibility index (Phi) is 4.97. The van der Waals surface area contributed by atoms with Crippen molar-refractivity contribution in [2.24, 2.45) is 0 Å². The van der Waals surface area contributed by atoms with Crippen LogP contribution >= 0.6 is 11.6 Å². The summed E-state index contributed by atoms with van der Waals surface area (Å²) in [6, 6.07) is 4.19. The first kappa shape index (κ1) is 13.5. The van der Waals surface area contributed by atoms with Crippen LogP contribution in [0.4, 0.5) is 4.39 Å². The van der Waals surface area contributed by atoms with E-state index in [2.05, 4.69) is 4.74 Å². The largest absolute Gasteiger partial charge is 0.463 e. The molecular formula is C12H12ClFO3. The third-order valence-electron chi connectivity index (χ3n) is 1.79. The SMILES string of the molecule is CCOC(=O)/C=C(/C)Oc1c(F)cccc1Cl. The van der Waals surface area contributed by atoms with Crippen molar-refractivity contribution in [2.75, 3.05) is 6.61 Å². The maximum absolute atomic E-state index is 13.3. The Hall–Kier alpha value is -1.55. The summed E-state index contributed by atoms with van der Waals surface area (Å²) in [6.45, 7) is 3.47. The van der Waals surface area contributed by atoms with E-state index in [9.17, 15) is 9.18 Å². The van der Waals surface area contributed by atoms with E-state index in [1.54, 1.807) is 6.92 Å². The molecule has 0 saturated carbocycles. The Morgan fingerprint density at radius 2 is 2.24 bits per heavy atom. The number of halogens is 2. The summed E-state index contributed by atoms with van der Waals surface area (Å²) in [6.07, 6.45) is 1.13. The van der Waals surface area contributed by atoms with Gasteiger partial charge in [0.25, 0.3) is 0 Å². The third kappa shape index (κ3) is 4.07. The number of esters is 1. The first-order valence-corrected chi connectivity index (χ1v) is 5.39. The summed E-state index contributed by atoms with van der Waals surface area (Å²) in [5.41, 5.74) is 0. The molecule has 1 aromatic carbocycles. The molecule has 5 heteroatoms. The molecule has 92 valence electrons. The summed E-state index contributed by atoms with van der Waals surface area (Å²) in [7, 11) is 0. The van der Waals surface area contributed by atoms with Gasteiger partial charge in [-0.25, -0.2) is 9.18 Å². The lowest BCUT2D eigenvalue weighted by Crippen LogP contribution is -2.03. The molecule has 1 aromatic rings. The lowest BCUT2D eigenvalue weighted by molar-refractivity contribution is -0.137. The normalized spacial score (nSPS) is 11.2. The van der Waals surface area contributed by atoms with Crippen LogP contribution in [0, 0.1) is 5.82 Å². The monoisotopic (exact) mass is 258 g/mol. The zero-order valence-electron chi connectivity index (χ0n) is 9.50. The number of hydrogen-bond donors (Lipinski definition) is 0. The molecule has 0 saturated heterocycles. The molecule has 0 spiro atoms. The molecule has 3 nitrogen and oxygen atoms in total. The molecule has 0 aliphatic rings. The van der Waals surface area contributed by atoms with Crippen molar-refractivity contribution in [1.29, 1.82) is 0 Å². The summed E-state index contributed by atoms with van der Waals surface area (Å²) in [5, 5.41) is 0.140. The van der Waals surface area contributed by atoms with E-state index < -0.39 is 11.8 Å². The van der Waals surface area contributed by atoms with Gasteiger partial charge in [-0.3, -0.25) is 0 Å². The van der Waals surface area contributed by atoms with Crippen LogP contribution in [0.1, 0.15) is 13.8 Å². The van der Waals surface area contributed by atoms with E-state index >= 15 is 0 Å². The zero-order valence-corrected chi connectivity index (χ0v) is 10.3. The fourth-order valence-corrected chi connectivity index (χ4v) is 1.32. The average Bonchev–Trinajstić information content (AvgIpc) is 2.24. The van der Waals surface area contributed by atoms with Gasteiger partial charge in [-0.2, -0.15) is 0 Å². The Morgan fingerprint density at radius 3 is 2.82 bits per heavy atom. The van der Waals surface area contributed by atoms with Gasteiger partial charge in [0, 0.05) is 0 Å². The van der Waals surface area contributed by atoms with E-state index in [1.807, 2.05) is 0 Å². The fraction of sp³-hybridized carbons (Fsp3) is 0.250. The number of allylic oxidation sites excluding steroid dienone is 1. The highest BCUT2D eigenvalue weighted by atomic mass is 35.5. The predicted molar refractivity (Wildman–Crippen MR) is 62.4 cm³/mol. The fourth-order valence-electron chi connectivity index (χ4n) is 1.12. The van der Waals surface area contributed by atoms with Crippen LogP contribution in [0.2, 0.25) is 5.02 Å². The Morgan fingerprint density at radius 1 is 1.53 bits per heavy atom. The van der Waals surface area contributed by atoms with Crippen LogP contribution in [0.25, 0.3) is 0 Å². The lowest BCUT2D eigenvalue weighted by atomic mass is 10.3. The smallest absolute Gasteiger partial charge is 0.334 e. The van der Waals surface area contributed by atoms with Crippen molar-refractivity contribution in [1.82, 2.24) is 0 Å². The van der Waals surface area contributed by atoms with Gasteiger partial charge < -0.3 is 9.47 Å². The first-order chi connectivity index (χ1) is 8.04.